The molecule has 6 nitrogen and oxygen atoms in total. The highest BCUT2D eigenvalue weighted by atomic mass is 35.5. The monoisotopic (exact) mass is 332 g/mol. The Balaban J connectivity index is 2.24. The predicted molar refractivity (Wildman–Crippen MR) is 83.9 cm³/mol. The van der Waals surface area contributed by atoms with Crippen molar-refractivity contribution in [2.45, 2.75) is 32.6 Å². The van der Waals surface area contributed by atoms with Crippen LogP contribution in [0.2, 0.25) is 5.02 Å². The zero-order valence-corrected chi connectivity index (χ0v) is 13.9. The number of nitrogens with two attached hydrogens (primary N) is 1. The van der Waals surface area contributed by atoms with Gasteiger partial charge in [-0.25, -0.2) is 0 Å². The van der Waals surface area contributed by atoms with Crippen LogP contribution in [0.1, 0.15) is 38.3 Å². The molecule has 1 unspecified atom stereocenters. The number of allylic oxidation sites excluding steroid dienone is 3. The van der Waals surface area contributed by atoms with Gasteiger partial charge in [0.05, 0.1) is 22.8 Å². The summed E-state index contributed by atoms with van der Waals surface area (Å²) in [5, 5.41) is 14.0. The van der Waals surface area contributed by atoms with E-state index in [1.54, 1.807) is 11.7 Å². The van der Waals surface area contributed by atoms with Crippen LogP contribution >= 0.6 is 11.6 Å². The molecule has 0 aromatic carbocycles. The van der Waals surface area contributed by atoms with Crippen molar-refractivity contribution in [1.29, 1.82) is 5.26 Å². The van der Waals surface area contributed by atoms with Crippen LogP contribution < -0.4 is 5.73 Å². The standard InChI is InChI=1S/C16H17ClN4O2/c1-16(2)4-10(22)13-11(5-16)23-15(19)8(6-18)12(13)14-9(17)7-20-21(14)3/h7,12H,4-5,19H2,1-3H3. The van der Waals surface area contributed by atoms with Gasteiger partial charge in [0.1, 0.15) is 17.4 Å². The van der Waals surface area contributed by atoms with E-state index < -0.39 is 5.92 Å². The Morgan fingerprint density at radius 2 is 2.22 bits per heavy atom. The fraction of sp³-hybridized carbons (Fsp3) is 0.438. The maximum atomic E-state index is 12.8. The Hall–Kier alpha value is -2.26. The maximum Gasteiger partial charge on any atom is 0.205 e. The van der Waals surface area contributed by atoms with Crippen LogP contribution in [0.5, 0.6) is 0 Å². The van der Waals surface area contributed by atoms with E-state index in [0.29, 0.717) is 34.9 Å². The average molecular weight is 333 g/mol. The number of carbonyl (C=O) groups excluding carboxylic acids is 1. The number of aromatic nitrogens is 2. The number of ketones is 1. The molecule has 2 N–H and O–H groups in total. The number of carbonyl (C=O) groups is 1. The van der Waals surface area contributed by atoms with E-state index in [1.165, 1.54) is 6.20 Å². The molecule has 23 heavy (non-hydrogen) atoms. The lowest BCUT2D eigenvalue weighted by Gasteiger charge is -2.37. The molecule has 2 aliphatic rings. The largest absolute Gasteiger partial charge is 0.444 e. The summed E-state index contributed by atoms with van der Waals surface area (Å²) in [5.41, 5.74) is 6.98. The molecule has 2 heterocycles. The number of nitriles is 1. The maximum absolute atomic E-state index is 12.8. The summed E-state index contributed by atoms with van der Waals surface area (Å²) < 4.78 is 7.20. The lowest BCUT2D eigenvalue weighted by molar-refractivity contribution is -0.119. The van der Waals surface area contributed by atoms with E-state index in [4.69, 9.17) is 22.1 Å². The highest BCUT2D eigenvalue weighted by molar-refractivity contribution is 6.31. The number of halogens is 1. The Bertz CT molecular complexity index is 791. The van der Waals surface area contributed by atoms with E-state index in [1.807, 2.05) is 13.8 Å². The number of ether oxygens (including phenoxy) is 1. The zero-order valence-electron chi connectivity index (χ0n) is 13.2. The van der Waals surface area contributed by atoms with Crippen molar-refractivity contribution in [3.63, 3.8) is 0 Å². The number of nitrogens with zero attached hydrogens (tertiary/aromatic N) is 3. The van der Waals surface area contributed by atoms with Gasteiger partial charge >= 0.3 is 0 Å². The summed E-state index contributed by atoms with van der Waals surface area (Å²) in [7, 11) is 1.72. The average Bonchev–Trinajstić information content (AvgIpc) is 2.75. The van der Waals surface area contributed by atoms with E-state index in [-0.39, 0.29) is 22.7 Å². The third-order valence-electron chi connectivity index (χ3n) is 4.29. The van der Waals surface area contributed by atoms with Gasteiger partial charge in [0.15, 0.2) is 5.78 Å². The van der Waals surface area contributed by atoms with Crippen molar-refractivity contribution >= 4 is 17.4 Å². The van der Waals surface area contributed by atoms with Crippen molar-refractivity contribution in [3.8, 4) is 6.07 Å². The second kappa shape index (κ2) is 5.14. The number of hydrogen-bond acceptors (Lipinski definition) is 5. The molecule has 1 aromatic rings. The van der Waals surface area contributed by atoms with Crippen LogP contribution in [0.3, 0.4) is 0 Å². The van der Waals surface area contributed by atoms with Gasteiger partial charge in [-0.1, -0.05) is 25.4 Å². The van der Waals surface area contributed by atoms with Gasteiger partial charge in [0, 0.05) is 25.5 Å². The molecule has 120 valence electrons. The minimum Gasteiger partial charge on any atom is -0.444 e. The SMILES string of the molecule is Cn1ncc(Cl)c1C1C(C#N)=C(N)OC2=C1C(=O)CC(C)(C)C2. The number of hydrogen-bond donors (Lipinski definition) is 1. The first-order valence-electron chi connectivity index (χ1n) is 7.26. The second-order valence-electron chi connectivity index (χ2n) is 6.70. The van der Waals surface area contributed by atoms with E-state index >= 15 is 0 Å². The molecule has 0 radical (unpaired) electrons. The first kappa shape index (κ1) is 15.6. The van der Waals surface area contributed by atoms with Crippen molar-refractivity contribution in [1.82, 2.24) is 9.78 Å². The first-order chi connectivity index (χ1) is 10.7. The molecule has 0 spiro atoms. The van der Waals surface area contributed by atoms with Gasteiger partial charge < -0.3 is 10.5 Å². The summed E-state index contributed by atoms with van der Waals surface area (Å²) in [6, 6.07) is 2.06. The number of rotatable bonds is 1. The van der Waals surface area contributed by atoms with Gasteiger partial charge in [-0.15, -0.1) is 0 Å². The molecule has 3 rings (SSSR count). The van der Waals surface area contributed by atoms with Crippen molar-refractivity contribution in [2.24, 2.45) is 18.2 Å². The molecule has 0 saturated heterocycles. The Kier molecular flexibility index (Phi) is 3.49. The van der Waals surface area contributed by atoms with Crippen LogP contribution in [-0.4, -0.2) is 15.6 Å². The molecule has 0 fully saturated rings. The first-order valence-corrected chi connectivity index (χ1v) is 7.64. The quantitative estimate of drug-likeness (QED) is 0.852. The minimum atomic E-state index is -0.632. The highest BCUT2D eigenvalue weighted by Crippen LogP contribution is 2.48. The highest BCUT2D eigenvalue weighted by Gasteiger charge is 2.44. The Labute approximate surface area is 139 Å². The van der Waals surface area contributed by atoms with Gasteiger partial charge in [0.2, 0.25) is 5.88 Å². The summed E-state index contributed by atoms with van der Waals surface area (Å²) in [6.45, 7) is 4.01. The lowest BCUT2D eigenvalue weighted by Crippen LogP contribution is -2.34. The smallest absolute Gasteiger partial charge is 0.205 e. The molecule has 1 atom stereocenters. The van der Waals surface area contributed by atoms with Crippen LogP contribution in [0.4, 0.5) is 0 Å². The van der Waals surface area contributed by atoms with Gasteiger partial charge in [-0.2, -0.15) is 10.4 Å². The van der Waals surface area contributed by atoms with Crippen LogP contribution in [0.15, 0.2) is 29.0 Å². The lowest BCUT2D eigenvalue weighted by atomic mass is 9.71. The number of Topliss-reactive ketones (excluding diaryl/α,β-unsaturated/α-hetero) is 1. The van der Waals surface area contributed by atoms with E-state index in [2.05, 4.69) is 11.2 Å². The van der Waals surface area contributed by atoms with Crippen LogP contribution in [0, 0.1) is 16.7 Å². The minimum absolute atomic E-state index is 0.0269. The van der Waals surface area contributed by atoms with Crippen LogP contribution in [0.25, 0.3) is 0 Å². The molecular weight excluding hydrogens is 316 g/mol. The molecule has 1 aliphatic heterocycles. The summed E-state index contributed by atoms with van der Waals surface area (Å²) in [5.74, 6) is -0.116. The third kappa shape index (κ3) is 2.41. The Morgan fingerprint density at radius 3 is 2.78 bits per heavy atom. The van der Waals surface area contributed by atoms with E-state index in [0.717, 1.165) is 0 Å². The van der Waals surface area contributed by atoms with Crippen molar-refractivity contribution in [2.75, 3.05) is 0 Å². The molecule has 7 heteroatoms. The fourth-order valence-electron chi connectivity index (χ4n) is 3.30. The summed E-state index contributed by atoms with van der Waals surface area (Å²) >= 11 is 6.25. The van der Waals surface area contributed by atoms with Gasteiger partial charge in [0.25, 0.3) is 0 Å². The van der Waals surface area contributed by atoms with Crippen molar-refractivity contribution < 1.29 is 9.53 Å². The van der Waals surface area contributed by atoms with Gasteiger partial charge in [-0.05, 0) is 5.41 Å². The molecule has 0 saturated carbocycles. The van der Waals surface area contributed by atoms with Crippen molar-refractivity contribution in [3.05, 3.63) is 39.7 Å². The molecule has 1 aromatic heterocycles. The Morgan fingerprint density at radius 1 is 1.52 bits per heavy atom. The summed E-state index contributed by atoms with van der Waals surface area (Å²) in [4.78, 5) is 12.8. The predicted octanol–water partition coefficient (Wildman–Crippen LogP) is 2.52. The zero-order chi connectivity index (χ0) is 16.9. The molecule has 0 bridgehead atoms. The topological polar surface area (TPSA) is 93.9 Å². The van der Waals surface area contributed by atoms with Crippen LogP contribution in [-0.2, 0) is 16.6 Å². The third-order valence-corrected chi connectivity index (χ3v) is 4.58. The second-order valence-corrected chi connectivity index (χ2v) is 7.11. The fourth-order valence-corrected chi connectivity index (χ4v) is 3.58. The molecule has 0 amide bonds. The number of aryl methyl sites for hydroxylation is 1. The molecular formula is C16H17ClN4O2. The molecule has 1 aliphatic carbocycles. The normalized spacial score (nSPS) is 23.4. The van der Waals surface area contributed by atoms with Gasteiger partial charge in [-0.3, -0.25) is 9.48 Å². The van der Waals surface area contributed by atoms with E-state index in [9.17, 15) is 10.1 Å². The summed E-state index contributed by atoms with van der Waals surface area (Å²) in [6.07, 6.45) is 2.47.